The number of cyclic esters (lactones) is 1. The second kappa shape index (κ2) is 13.1. The van der Waals surface area contributed by atoms with Crippen molar-refractivity contribution in [3.05, 3.63) is 60.2 Å². The van der Waals surface area contributed by atoms with E-state index in [0.717, 1.165) is 32.1 Å². The van der Waals surface area contributed by atoms with Crippen molar-refractivity contribution < 1.29 is 33.8 Å². The summed E-state index contributed by atoms with van der Waals surface area (Å²) in [5.74, 6) is -3.43. The number of amides is 3. The molecule has 1 spiro atoms. The maximum atomic E-state index is 14.6. The number of ether oxygens (including phenoxy) is 2. The van der Waals surface area contributed by atoms with Crippen molar-refractivity contribution in [3.8, 4) is 0 Å². The second-order valence-electron chi connectivity index (χ2n) is 13.1. The summed E-state index contributed by atoms with van der Waals surface area (Å²) in [5, 5.41) is 13.4. The van der Waals surface area contributed by atoms with E-state index >= 15 is 0 Å². The molecule has 10 nitrogen and oxygen atoms in total. The van der Waals surface area contributed by atoms with Crippen molar-refractivity contribution in [1.82, 2.24) is 15.1 Å². The minimum atomic E-state index is -1.42. The first-order valence-corrected chi connectivity index (χ1v) is 16.6. The lowest BCUT2D eigenvalue weighted by Crippen LogP contribution is -2.59. The van der Waals surface area contributed by atoms with Gasteiger partial charge < -0.3 is 29.7 Å². The molecular weight excluding hydrogens is 574 g/mol. The Bertz CT molecular complexity index is 1340. The number of esters is 1. The number of nitrogens with zero attached hydrogens (tertiary/aromatic N) is 2. The highest BCUT2D eigenvalue weighted by molar-refractivity contribution is 5.99. The quantitative estimate of drug-likeness (QED) is 0.383. The number of hydrogen-bond donors (Lipinski definition) is 2. The number of aliphatic hydroxyl groups is 1. The van der Waals surface area contributed by atoms with Crippen molar-refractivity contribution in [1.29, 1.82) is 0 Å². The Morgan fingerprint density at radius 2 is 1.80 bits per heavy atom. The fraction of sp³-hybridized carbons (Fsp3) is 0.600. The van der Waals surface area contributed by atoms with Gasteiger partial charge in [0.05, 0.1) is 30.7 Å². The third-order valence-corrected chi connectivity index (χ3v) is 10.4. The van der Waals surface area contributed by atoms with Crippen LogP contribution in [0.15, 0.2) is 54.6 Å². The normalized spacial score (nSPS) is 35.7. The van der Waals surface area contributed by atoms with Gasteiger partial charge in [0.15, 0.2) is 0 Å². The van der Waals surface area contributed by atoms with Crippen LogP contribution in [0.25, 0.3) is 0 Å². The number of nitrogens with one attached hydrogen (secondary N) is 1. The molecule has 1 aromatic rings. The van der Waals surface area contributed by atoms with Crippen LogP contribution in [0.2, 0.25) is 0 Å². The van der Waals surface area contributed by atoms with Gasteiger partial charge in [0.1, 0.15) is 23.7 Å². The van der Waals surface area contributed by atoms with E-state index in [1.165, 1.54) is 4.90 Å². The van der Waals surface area contributed by atoms with Crippen LogP contribution in [0.3, 0.4) is 0 Å². The van der Waals surface area contributed by atoms with Crippen LogP contribution in [0.5, 0.6) is 0 Å². The summed E-state index contributed by atoms with van der Waals surface area (Å²) in [6.07, 6.45) is 11.8. The summed E-state index contributed by atoms with van der Waals surface area (Å²) in [7, 11) is 0. The SMILES string of the molecule is CC[C@@H](CO)N1C(=O)[C@@H]2[C@H]3C(=O)O[C@H](c4ccccc4)[C@@H](C)NC(=O)CC/C=C\[C@H]3O[C@@]23C=CCN(C2CCCCC2)C(=O)[C@@H]13. The van der Waals surface area contributed by atoms with E-state index in [1.54, 1.807) is 19.1 Å². The minimum absolute atomic E-state index is 0.0638. The molecule has 0 radical (unpaired) electrons. The molecule has 2 saturated heterocycles. The maximum absolute atomic E-state index is 14.6. The van der Waals surface area contributed by atoms with E-state index in [0.29, 0.717) is 24.9 Å². The molecule has 2 N–H and O–H groups in total. The average molecular weight is 620 g/mol. The summed E-state index contributed by atoms with van der Waals surface area (Å²) in [6, 6.07) is 7.13. The molecule has 0 aromatic heterocycles. The Kier molecular flexibility index (Phi) is 9.15. The van der Waals surface area contributed by atoms with Gasteiger partial charge in [-0.3, -0.25) is 19.2 Å². The highest BCUT2D eigenvalue weighted by Gasteiger charge is 2.72. The van der Waals surface area contributed by atoms with Crippen molar-refractivity contribution in [2.45, 2.75) is 107 Å². The van der Waals surface area contributed by atoms with Crippen molar-refractivity contribution in [2.24, 2.45) is 11.8 Å². The Hall–Kier alpha value is -3.50. The standard InChI is InChI=1S/C35H45N3O7/c1-3-24(21-39)38-31-33(42)37(25-15-8-5-9-16-25)20-12-19-35(31)29(32(38)41)28-26(45-35)17-10-11-18-27(40)36-22(2)30(44-34(28)43)23-13-6-4-7-14-23/h4,6-7,10,12-14,17,19,22,24-26,28-31,39H,3,5,8-9,11,15-16,18,20-21H2,1-2H3,(H,36,40)/b17-10-/t22-,24+,26-,28+,29+,30+,31-,35+/m1/s1. The monoisotopic (exact) mass is 619 g/mol. The fourth-order valence-corrected chi connectivity index (χ4v) is 8.19. The molecule has 3 amide bonds. The number of carbonyl (C=O) groups is 4. The molecule has 5 aliphatic rings. The summed E-state index contributed by atoms with van der Waals surface area (Å²) in [5.41, 5.74) is -0.700. The zero-order chi connectivity index (χ0) is 31.7. The van der Waals surface area contributed by atoms with Gasteiger partial charge >= 0.3 is 5.97 Å². The molecule has 0 bridgehead atoms. The van der Waals surface area contributed by atoms with E-state index < -0.39 is 53.7 Å². The molecule has 8 atom stereocenters. The Morgan fingerprint density at radius 3 is 2.51 bits per heavy atom. The van der Waals surface area contributed by atoms with Crippen LogP contribution in [0.1, 0.15) is 76.9 Å². The average Bonchev–Trinajstić information content (AvgIpc) is 3.43. The first-order chi connectivity index (χ1) is 21.8. The fourth-order valence-electron chi connectivity index (χ4n) is 8.19. The molecule has 4 heterocycles. The van der Waals surface area contributed by atoms with Gasteiger partial charge in [-0.25, -0.2) is 0 Å². The van der Waals surface area contributed by atoms with Gasteiger partial charge in [0, 0.05) is 19.0 Å². The predicted octanol–water partition coefficient (Wildman–Crippen LogP) is 3.21. The number of benzene rings is 1. The van der Waals surface area contributed by atoms with E-state index in [2.05, 4.69) is 5.32 Å². The zero-order valence-corrected chi connectivity index (χ0v) is 26.2. The lowest BCUT2D eigenvalue weighted by molar-refractivity contribution is -0.162. The first-order valence-electron chi connectivity index (χ1n) is 16.6. The van der Waals surface area contributed by atoms with Gasteiger partial charge in [0.2, 0.25) is 17.7 Å². The van der Waals surface area contributed by atoms with Crippen molar-refractivity contribution >= 4 is 23.7 Å². The van der Waals surface area contributed by atoms with Crippen LogP contribution in [-0.4, -0.2) is 87.6 Å². The maximum Gasteiger partial charge on any atom is 0.313 e. The summed E-state index contributed by atoms with van der Waals surface area (Å²) < 4.78 is 13.0. The van der Waals surface area contributed by atoms with E-state index in [9.17, 15) is 24.3 Å². The summed E-state index contributed by atoms with van der Waals surface area (Å²) >= 11 is 0. The molecule has 242 valence electrons. The summed E-state index contributed by atoms with van der Waals surface area (Å²) in [4.78, 5) is 59.8. The minimum Gasteiger partial charge on any atom is -0.455 e. The summed E-state index contributed by atoms with van der Waals surface area (Å²) in [6.45, 7) is 3.76. The van der Waals surface area contributed by atoms with Crippen molar-refractivity contribution in [3.63, 3.8) is 0 Å². The van der Waals surface area contributed by atoms with Crippen LogP contribution < -0.4 is 5.32 Å². The molecule has 3 fully saturated rings. The molecule has 1 saturated carbocycles. The molecule has 45 heavy (non-hydrogen) atoms. The highest BCUT2D eigenvalue weighted by atomic mass is 16.6. The number of allylic oxidation sites excluding steroid dienone is 1. The first kappa shape index (κ1) is 31.5. The number of carbonyl (C=O) groups excluding carboxylic acids is 4. The van der Waals surface area contributed by atoms with Gasteiger partial charge in [-0.05, 0) is 38.2 Å². The lowest BCUT2D eigenvalue weighted by Gasteiger charge is -2.41. The van der Waals surface area contributed by atoms with Crippen LogP contribution >= 0.6 is 0 Å². The Balaban J connectivity index is 1.44. The molecule has 0 unspecified atom stereocenters. The molecule has 10 heteroatoms. The third-order valence-electron chi connectivity index (χ3n) is 10.4. The zero-order valence-electron chi connectivity index (χ0n) is 26.2. The van der Waals surface area contributed by atoms with Crippen LogP contribution in [0.4, 0.5) is 0 Å². The molecule has 1 aromatic carbocycles. The molecule has 6 rings (SSSR count). The number of hydrogen-bond acceptors (Lipinski definition) is 7. The van der Waals surface area contributed by atoms with E-state index in [1.807, 2.05) is 54.3 Å². The van der Waals surface area contributed by atoms with E-state index in [4.69, 9.17) is 9.47 Å². The number of likely N-dealkylation sites (tertiary alicyclic amines) is 1. The lowest BCUT2D eigenvalue weighted by atomic mass is 9.77. The topological polar surface area (TPSA) is 125 Å². The van der Waals surface area contributed by atoms with Crippen LogP contribution in [-0.2, 0) is 28.7 Å². The number of fused-ring (bicyclic) bond motifs is 2. The molecule has 4 aliphatic heterocycles. The van der Waals surface area contributed by atoms with Crippen molar-refractivity contribution in [2.75, 3.05) is 13.2 Å². The Labute approximate surface area is 264 Å². The Morgan fingerprint density at radius 1 is 1.04 bits per heavy atom. The molecule has 1 aliphatic carbocycles. The smallest absolute Gasteiger partial charge is 0.313 e. The van der Waals surface area contributed by atoms with Crippen LogP contribution in [0, 0.1) is 11.8 Å². The van der Waals surface area contributed by atoms with Gasteiger partial charge in [-0.1, -0.05) is 80.8 Å². The highest BCUT2D eigenvalue weighted by Crippen LogP contribution is 2.54. The molecular formula is C35H45N3O7. The van der Waals surface area contributed by atoms with Gasteiger partial charge in [-0.2, -0.15) is 0 Å². The number of aliphatic hydroxyl groups excluding tert-OH is 1. The predicted molar refractivity (Wildman–Crippen MR) is 165 cm³/mol. The van der Waals surface area contributed by atoms with Gasteiger partial charge in [0.25, 0.3) is 0 Å². The number of rotatable bonds is 5. The van der Waals surface area contributed by atoms with E-state index in [-0.39, 0.29) is 36.8 Å². The second-order valence-corrected chi connectivity index (χ2v) is 13.1. The van der Waals surface area contributed by atoms with Gasteiger partial charge in [-0.15, -0.1) is 0 Å². The third kappa shape index (κ3) is 5.60. The largest absolute Gasteiger partial charge is 0.455 e.